The van der Waals surface area contributed by atoms with E-state index in [9.17, 15) is 4.79 Å². The van der Waals surface area contributed by atoms with Gasteiger partial charge in [-0.15, -0.1) is 0 Å². The van der Waals surface area contributed by atoms with Crippen LogP contribution in [0.3, 0.4) is 0 Å². The highest BCUT2D eigenvalue weighted by atomic mass is 32.2. The summed E-state index contributed by atoms with van der Waals surface area (Å²) in [7, 11) is 0. The van der Waals surface area contributed by atoms with E-state index in [0.717, 1.165) is 23.2 Å². The molecule has 1 aromatic carbocycles. The van der Waals surface area contributed by atoms with Gasteiger partial charge in [-0.1, -0.05) is 80.1 Å². The molecule has 3 rings (SSSR count). The summed E-state index contributed by atoms with van der Waals surface area (Å²) < 4.78 is 0.642. The molecule has 1 aromatic heterocycles. The van der Waals surface area contributed by atoms with Crippen molar-refractivity contribution in [3.63, 3.8) is 0 Å². The maximum atomic E-state index is 12.8. The number of aryl methyl sites for hydroxylation is 1. The van der Waals surface area contributed by atoms with Crippen molar-refractivity contribution in [2.75, 3.05) is 0 Å². The first-order chi connectivity index (χ1) is 12.9. The number of nitrogens with zero attached hydrogens (tertiary/aromatic N) is 2. The topological polar surface area (TPSA) is 33.2 Å². The summed E-state index contributed by atoms with van der Waals surface area (Å²) in [6, 6.07) is 12.4. The van der Waals surface area contributed by atoms with Crippen LogP contribution in [0, 0.1) is 12.8 Å². The van der Waals surface area contributed by atoms with Gasteiger partial charge in [0.05, 0.1) is 10.6 Å². The zero-order chi connectivity index (χ0) is 19.6. The van der Waals surface area contributed by atoms with Gasteiger partial charge in [0.15, 0.2) is 0 Å². The first kappa shape index (κ1) is 19.8. The van der Waals surface area contributed by atoms with E-state index in [1.54, 1.807) is 11.1 Å². The smallest absolute Gasteiger partial charge is 0.266 e. The van der Waals surface area contributed by atoms with Gasteiger partial charge >= 0.3 is 0 Å². The van der Waals surface area contributed by atoms with Crippen molar-refractivity contribution < 1.29 is 4.79 Å². The number of carbonyl (C=O) groups excluding carboxylic acids is 1. The summed E-state index contributed by atoms with van der Waals surface area (Å²) in [5.41, 5.74) is 4.14. The predicted molar refractivity (Wildman–Crippen MR) is 118 cm³/mol. The molecule has 0 bridgehead atoms. The summed E-state index contributed by atoms with van der Waals surface area (Å²) in [5, 5.41) is 0. The first-order valence-electron chi connectivity index (χ1n) is 9.21. The van der Waals surface area contributed by atoms with Gasteiger partial charge in [-0.05, 0) is 37.5 Å². The van der Waals surface area contributed by atoms with Gasteiger partial charge in [0.2, 0.25) is 0 Å². The second-order valence-corrected chi connectivity index (χ2v) is 8.70. The van der Waals surface area contributed by atoms with Gasteiger partial charge < -0.3 is 0 Å². The highest BCUT2D eigenvalue weighted by Crippen LogP contribution is 2.35. The lowest BCUT2D eigenvalue weighted by molar-refractivity contribution is -0.124. The standard InChI is InChI=1S/C22H24N2OS2/c1-5-15(3)16(4)24-21(25)20(27-22(24)26)12-17-8-11-19(23-13-17)18-9-6-14(2)7-10-18/h6-13,15-16H,5H2,1-4H3/b20-12-/t15-,16+/m0/s1. The first-order valence-corrected chi connectivity index (χ1v) is 10.4. The molecular weight excluding hydrogens is 372 g/mol. The number of aromatic nitrogens is 1. The lowest BCUT2D eigenvalue weighted by Crippen LogP contribution is -2.40. The average molecular weight is 397 g/mol. The number of thioether (sulfide) groups is 1. The lowest BCUT2D eigenvalue weighted by Gasteiger charge is -2.27. The Kier molecular flexibility index (Phi) is 6.12. The summed E-state index contributed by atoms with van der Waals surface area (Å²) in [6.07, 6.45) is 4.70. The number of hydrogen-bond acceptors (Lipinski definition) is 4. The van der Waals surface area contributed by atoms with Gasteiger partial charge in [-0.2, -0.15) is 0 Å². The van der Waals surface area contributed by atoms with Crippen LogP contribution in [0.2, 0.25) is 0 Å². The minimum Gasteiger partial charge on any atom is -0.290 e. The molecule has 0 saturated carbocycles. The summed E-state index contributed by atoms with van der Waals surface area (Å²) in [6.45, 7) is 8.43. The molecule has 0 aliphatic carbocycles. The number of rotatable bonds is 5. The third-order valence-corrected chi connectivity index (χ3v) is 6.46. The summed E-state index contributed by atoms with van der Waals surface area (Å²) in [5.74, 6) is 0.405. The Bertz CT molecular complexity index is 872. The lowest BCUT2D eigenvalue weighted by atomic mass is 9.99. The van der Waals surface area contributed by atoms with Crippen molar-refractivity contribution in [1.82, 2.24) is 9.88 Å². The fourth-order valence-electron chi connectivity index (χ4n) is 2.96. The second-order valence-electron chi connectivity index (χ2n) is 7.02. The second kappa shape index (κ2) is 8.36. The number of hydrogen-bond donors (Lipinski definition) is 0. The zero-order valence-corrected chi connectivity index (χ0v) is 17.7. The minimum atomic E-state index is 0.000381. The molecule has 0 unspecified atom stereocenters. The van der Waals surface area contributed by atoms with E-state index in [2.05, 4.69) is 56.9 Å². The van der Waals surface area contributed by atoms with Crippen LogP contribution in [0.15, 0.2) is 47.5 Å². The fraction of sp³-hybridized carbons (Fsp3) is 0.318. The van der Waals surface area contributed by atoms with Crippen LogP contribution < -0.4 is 0 Å². The molecule has 1 aliphatic rings. The molecule has 0 N–H and O–H groups in total. The Labute approximate surface area is 170 Å². The van der Waals surface area contributed by atoms with Gasteiger partial charge in [0.1, 0.15) is 4.32 Å². The Hall–Kier alpha value is -1.98. The van der Waals surface area contributed by atoms with Gasteiger partial charge in [-0.3, -0.25) is 14.7 Å². The van der Waals surface area contributed by atoms with E-state index >= 15 is 0 Å². The number of carbonyl (C=O) groups is 1. The molecule has 1 saturated heterocycles. The monoisotopic (exact) mass is 396 g/mol. The molecule has 5 heteroatoms. The number of pyridine rings is 1. The van der Waals surface area contributed by atoms with Crippen LogP contribution in [0.4, 0.5) is 0 Å². The van der Waals surface area contributed by atoms with Crippen molar-refractivity contribution >= 4 is 40.3 Å². The van der Waals surface area contributed by atoms with Gasteiger partial charge in [-0.25, -0.2) is 0 Å². The van der Waals surface area contributed by atoms with E-state index in [4.69, 9.17) is 12.2 Å². The van der Waals surface area contributed by atoms with Crippen LogP contribution in [-0.2, 0) is 4.79 Å². The predicted octanol–water partition coefficient (Wildman–Crippen LogP) is 5.69. The van der Waals surface area contributed by atoms with Crippen molar-refractivity contribution in [3.05, 3.63) is 58.6 Å². The third kappa shape index (κ3) is 4.30. The molecule has 2 atom stereocenters. The van der Waals surface area contributed by atoms with E-state index < -0.39 is 0 Å². The molecule has 140 valence electrons. The number of amides is 1. The van der Waals surface area contributed by atoms with Gasteiger partial charge in [0, 0.05) is 17.8 Å². The third-order valence-electron chi connectivity index (χ3n) is 5.13. The molecule has 1 fully saturated rings. The van der Waals surface area contributed by atoms with Crippen molar-refractivity contribution in [3.8, 4) is 11.3 Å². The minimum absolute atomic E-state index is 0.000381. The van der Waals surface area contributed by atoms with Crippen LogP contribution in [-0.4, -0.2) is 26.2 Å². The number of thiocarbonyl (C=S) groups is 1. The van der Waals surface area contributed by atoms with Gasteiger partial charge in [0.25, 0.3) is 5.91 Å². The van der Waals surface area contributed by atoms with E-state index in [0.29, 0.717) is 15.1 Å². The Morgan fingerprint density at radius 2 is 1.89 bits per heavy atom. The van der Waals surface area contributed by atoms with E-state index in [1.807, 2.05) is 18.2 Å². The fourth-order valence-corrected chi connectivity index (χ4v) is 4.40. The number of benzene rings is 1. The van der Waals surface area contributed by atoms with Crippen molar-refractivity contribution in [2.24, 2.45) is 5.92 Å². The molecule has 3 nitrogen and oxygen atoms in total. The molecule has 1 amide bonds. The van der Waals surface area contributed by atoms with E-state index in [-0.39, 0.29) is 11.9 Å². The van der Waals surface area contributed by atoms with Crippen LogP contribution in [0.25, 0.3) is 17.3 Å². The molecule has 0 radical (unpaired) electrons. The molecule has 0 spiro atoms. The highest BCUT2D eigenvalue weighted by Gasteiger charge is 2.36. The zero-order valence-electron chi connectivity index (χ0n) is 16.1. The quantitative estimate of drug-likeness (QED) is 0.480. The maximum Gasteiger partial charge on any atom is 0.266 e. The molecule has 2 heterocycles. The van der Waals surface area contributed by atoms with Crippen LogP contribution >= 0.6 is 24.0 Å². The Morgan fingerprint density at radius 1 is 1.19 bits per heavy atom. The van der Waals surface area contributed by atoms with Crippen molar-refractivity contribution in [1.29, 1.82) is 0 Å². The average Bonchev–Trinajstić information content (AvgIpc) is 2.95. The molecule has 1 aliphatic heterocycles. The molecular formula is C22H24N2OS2. The van der Waals surface area contributed by atoms with Crippen LogP contribution in [0.1, 0.15) is 38.3 Å². The Balaban J connectivity index is 1.79. The van der Waals surface area contributed by atoms with Crippen molar-refractivity contribution in [2.45, 2.75) is 40.2 Å². The summed E-state index contributed by atoms with van der Waals surface area (Å²) in [4.78, 5) is 19.8. The summed E-state index contributed by atoms with van der Waals surface area (Å²) >= 11 is 6.84. The maximum absolute atomic E-state index is 12.8. The largest absolute Gasteiger partial charge is 0.290 e. The molecule has 27 heavy (non-hydrogen) atoms. The molecule has 2 aromatic rings. The normalized spacial score (nSPS) is 18.2. The Morgan fingerprint density at radius 3 is 2.48 bits per heavy atom. The SMILES string of the molecule is CC[C@H](C)[C@@H](C)N1C(=O)/C(=C/c2ccc(-c3ccc(C)cc3)nc2)SC1=S. The highest BCUT2D eigenvalue weighted by molar-refractivity contribution is 8.26. The van der Waals surface area contributed by atoms with E-state index in [1.165, 1.54) is 17.3 Å². The van der Waals surface area contributed by atoms with Crippen LogP contribution in [0.5, 0.6) is 0 Å².